The Kier molecular flexibility index (Phi) is 6.82. The number of hydrogen-bond donors (Lipinski definition) is 1. The number of likely N-dealkylation sites (tertiary alicyclic amines) is 1. The number of hydrogen-bond acceptors (Lipinski definition) is 2. The van der Waals surface area contributed by atoms with Crippen molar-refractivity contribution in [1.82, 2.24) is 4.90 Å². The van der Waals surface area contributed by atoms with E-state index < -0.39 is 0 Å². The molecule has 1 aliphatic rings. The van der Waals surface area contributed by atoms with E-state index in [1.807, 2.05) is 0 Å². The molecule has 3 nitrogen and oxygen atoms in total. The molecule has 1 heterocycles. The van der Waals surface area contributed by atoms with Gasteiger partial charge in [0.2, 0.25) is 0 Å². The van der Waals surface area contributed by atoms with Crippen LogP contribution in [0.5, 0.6) is 0 Å². The smallest absolute Gasteiger partial charge is 0.106 e. The van der Waals surface area contributed by atoms with E-state index in [1.165, 1.54) is 0 Å². The van der Waals surface area contributed by atoms with E-state index in [0.29, 0.717) is 0 Å². The zero-order valence-electron chi connectivity index (χ0n) is 7.23. The molecule has 0 atom stereocenters. The second-order valence-corrected chi connectivity index (χ2v) is 3.33. The molecule has 0 aromatic rings. The fourth-order valence-corrected chi connectivity index (χ4v) is 1.44. The van der Waals surface area contributed by atoms with Crippen molar-refractivity contribution in [1.29, 1.82) is 0 Å². The first-order chi connectivity index (χ1) is 5.18. The van der Waals surface area contributed by atoms with Crippen LogP contribution in [-0.4, -0.2) is 36.3 Å². The van der Waals surface area contributed by atoms with Gasteiger partial charge < -0.3 is 15.0 Å². The Bertz CT molecular complexity index is 148. The molecule has 0 unspecified atom stereocenters. The SMILES string of the molecule is CN1CCC([N-]C(=O)S)CC1.[Y]. The summed E-state index contributed by atoms with van der Waals surface area (Å²) in [5.74, 6) is 0. The van der Waals surface area contributed by atoms with Crippen LogP contribution in [0.1, 0.15) is 12.8 Å². The first kappa shape index (κ1) is 12.9. The molecule has 1 fully saturated rings. The van der Waals surface area contributed by atoms with Gasteiger partial charge in [0.25, 0.3) is 0 Å². The van der Waals surface area contributed by atoms with Crippen molar-refractivity contribution in [2.24, 2.45) is 0 Å². The Balaban J connectivity index is 0.00000121. The standard InChI is InChI=1S/C7H14N2OS.Y/c1-9-4-2-6(3-5-9)8-7(10)11;/h6H,2-5H2,1H3,(H2,8,10,11);/p-1. The van der Waals surface area contributed by atoms with Crippen molar-refractivity contribution in [2.45, 2.75) is 18.9 Å². The van der Waals surface area contributed by atoms with Gasteiger partial charge in [-0.05, 0) is 20.1 Å². The van der Waals surface area contributed by atoms with Crippen LogP contribution in [0.25, 0.3) is 5.32 Å². The quantitative estimate of drug-likeness (QED) is 0.727. The molecule has 0 aromatic heterocycles. The second-order valence-electron chi connectivity index (χ2n) is 2.95. The van der Waals surface area contributed by atoms with Gasteiger partial charge in [-0.25, -0.2) is 0 Å². The van der Waals surface area contributed by atoms with Gasteiger partial charge in [-0.2, -0.15) is 0 Å². The number of piperidine rings is 1. The fraction of sp³-hybridized carbons (Fsp3) is 0.857. The van der Waals surface area contributed by atoms with Gasteiger partial charge in [0, 0.05) is 32.7 Å². The number of carbonyl (C=O) groups excluding carboxylic acids is 1. The molecule has 67 valence electrons. The zero-order valence-corrected chi connectivity index (χ0v) is 11.0. The van der Waals surface area contributed by atoms with Crippen LogP contribution >= 0.6 is 12.6 Å². The summed E-state index contributed by atoms with van der Waals surface area (Å²) >= 11 is 3.61. The van der Waals surface area contributed by atoms with Crippen molar-refractivity contribution in [3.05, 3.63) is 5.32 Å². The van der Waals surface area contributed by atoms with Gasteiger partial charge in [-0.1, -0.05) is 12.8 Å². The third kappa shape index (κ3) is 4.80. The van der Waals surface area contributed by atoms with E-state index in [2.05, 4.69) is 29.9 Å². The van der Waals surface area contributed by atoms with Crippen LogP contribution in [-0.2, 0) is 32.7 Å². The molecule has 0 saturated carbocycles. The van der Waals surface area contributed by atoms with Crippen molar-refractivity contribution in [3.8, 4) is 0 Å². The normalized spacial score (nSPS) is 19.8. The van der Waals surface area contributed by atoms with E-state index in [1.54, 1.807) is 0 Å². The van der Waals surface area contributed by atoms with E-state index in [4.69, 9.17) is 0 Å². The Morgan fingerprint density at radius 2 is 2.00 bits per heavy atom. The largest absolute Gasteiger partial charge is 0.641 e. The molecule has 5 heteroatoms. The summed E-state index contributed by atoms with van der Waals surface area (Å²) in [6.45, 7) is 2.07. The number of amides is 1. The maximum atomic E-state index is 10.5. The molecular weight excluding hydrogens is 249 g/mol. The average Bonchev–Trinajstić information content (AvgIpc) is 1.93. The first-order valence-corrected chi connectivity index (χ1v) is 4.25. The molecule has 0 bridgehead atoms. The van der Waals surface area contributed by atoms with Crippen LogP contribution in [0, 0.1) is 0 Å². The van der Waals surface area contributed by atoms with Crippen molar-refractivity contribution < 1.29 is 37.5 Å². The van der Waals surface area contributed by atoms with Gasteiger partial charge in [-0.15, -0.1) is 18.7 Å². The summed E-state index contributed by atoms with van der Waals surface area (Å²) in [5.41, 5.74) is 0. The van der Waals surface area contributed by atoms with E-state index in [-0.39, 0.29) is 44.0 Å². The molecule has 0 spiro atoms. The molecular formula is C7H13N2OSY-. The Morgan fingerprint density at radius 3 is 2.42 bits per heavy atom. The molecule has 1 radical (unpaired) electrons. The van der Waals surface area contributed by atoms with Crippen LogP contribution in [0.3, 0.4) is 0 Å². The topological polar surface area (TPSA) is 34.4 Å². The summed E-state index contributed by atoms with van der Waals surface area (Å²) in [6, 6.07) is 0.219. The number of thiol groups is 1. The summed E-state index contributed by atoms with van der Waals surface area (Å²) in [4.78, 5) is 12.7. The van der Waals surface area contributed by atoms with Gasteiger partial charge in [0.1, 0.15) is 5.24 Å². The summed E-state index contributed by atoms with van der Waals surface area (Å²) in [6.07, 6.45) is 1.98. The van der Waals surface area contributed by atoms with Gasteiger partial charge in [0.15, 0.2) is 0 Å². The monoisotopic (exact) mass is 262 g/mol. The van der Waals surface area contributed by atoms with Gasteiger partial charge in [-0.3, -0.25) is 0 Å². The van der Waals surface area contributed by atoms with Crippen molar-refractivity contribution >= 4 is 17.9 Å². The minimum Gasteiger partial charge on any atom is -0.641 e. The number of rotatable bonds is 1. The fourth-order valence-electron chi connectivity index (χ4n) is 1.28. The number of carbonyl (C=O) groups is 1. The average molecular weight is 262 g/mol. The predicted octanol–water partition coefficient (Wildman–Crippen LogP) is 1.50. The molecule has 1 aliphatic heterocycles. The molecule has 0 aromatic carbocycles. The summed E-state index contributed by atoms with van der Waals surface area (Å²) in [7, 11) is 2.08. The first-order valence-electron chi connectivity index (χ1n) is 3.81. The predicted molar refractivity (Wildman–Crippen MR) is 48.3 cm³/mol. The molecule has 12 heavy (non-hydrogen) atoms. The van der Waals surface area contributed by atoms with Crippen LogP contribution in [0.15, 0.2) is 0 Å². The Morgan fingerprint density at radius 1 is 1.50 bits per heavy atom. The van der Waals surface area contributed by atoms with Crippen LogP contribution < -0.4 is 0 Å². The third-order valence-corrected chi connectivity index (χ3v) is 2.10. The molecule has 1 saturated heterocycles. The van der Waals surface area contributed by atoms with E-state index in [0.717, 1.165) is 25.9 Å². The van der Waals surface area contributed by atoms with Crippen LogP contribution in [0.2, 0.25) is 0 Å². The summed E-state index contributed by atoms with van der Waals surface area (Å²) in [5, 5.41) is 3.54. The third-order valence-electron chi connectivity index (χ3n) is 1.98. The van der Waals surface area contributed by atoms with E-state index in [9.17, 15) is 4.79 Å². The minimum atomic E-state index is -0.334. The Hall–Kier alpha value is 0.884. The molecule has 1 rings (SSSR count). The summed E-state index contributed by atoms with van der Waals surface area (Å²) < 4.78 is 0. The van der Waals surface area contributed by atoms with Crippen molar-refractivity contribution in [3.63, 3.8) is 0 Å². The Labute approximate surface area is 104 Å². The number of nitrogens with zero attached hydrogens (tertiary/aromatic N) is 2. The molecule has 0 aliphatic carbocycles. The van der Waals surface area contributed by atoms with Crippen LogP contribution in [0.4, 0.5) is 4.79 Å². The van der Waals surface area contributed by atoms with Gasteiger partial charge >= 0.3 is 0 Å². The zero-order chi connectivity index (χ0) is 8.27. The van der Waals surface area contributed by atoms with E-state index >= 15 is 0 Å². The minimum absolute atomic E-state index is 0. The molecule has 1 amide bonds. The maximum Gasteiger partial charge on any atom is 0.106 e. The molecule has 0 N–H and O–H groups in total. The van der Waals surface area contributed by atoms with Gasteiger partial charge in [0.05, 0.1) is 0 Å². The second kappa shape index (κ2) is 6.35. The maximum absolute atomic E-state index is 10.5. The van der Waals surface area contributed by atoms with Crippen molar-refractivity contribution in [2.75, 3.05) is 20.1 Å².